The molecule has 2 aliphatic heterocycles. The number of nitrogens with zero attached hydrogens (tertiary/aromatic N) is 3. The Kier molecular flexibility index (Phi) is 7.69. The normalized spacial score (nSPS) is 28.2. The van der Waals surface area contributed by atoms with Gasteiger partial charge in [-0.3, -0.25) is 0 Å². The Bertz CT molecular complexity index is 1000. The molecule has 0 bridgehead atoms. The molecule has 2 fully saturated rings. The molecule has 2 unspecified atom stereocenters. The molecular weight excluding hydrogens is 478 g/mol. The molecule has 0 amide bonds. The fourth-order valence-corrected chi connectivity index (χ4v) is 10.6. The Morgan fingerprint density at radius 2 is 1.54 bits per heavy atom. The average molecular weight is 514 g/mol. The van der Waals surface area contributed by atoms with Crippen LogP contribution in [0.25, 0.3) is 10.4 Å². The maximum Gasteiger partial charge on any atom is 0.261 e. The van der Waals surface area contributed by atoms with E-state index in [9.17, 15) is 5.53 Å². The topological polar surface area (TPSA) is 85.7 Å². The van der Waals surface area contributed by atoms with Crippen molar-refractivity contribution in [2.24, 2.45) is 5.11 Å². The summed E-state index contributed by atoms with van der Waals surface area (Å²) in [5.74, 6) is -0.801. The van der Waals surface area contributed by atoms with Crippen LogP contribution in [0.15, 0.2) is 65.8 Å². The third kappa shape index (κ3) is 5.04. The molecule has 2 aromatic rings. The maximum atomic E-state index is 9.18. The molecule has 35 heavy (non-hydrogen) atoms. The minimum atomic E-state index is -2.74. The first-order chi connectivity index (χ1) is 16.6. The molecule has 2 saturated heterocycles. The summed E-state index contributed by atoms with van der Waals surface area (Å²) in [5.41, 5.74) is 8.83. The van der Waals surface area contributed by atoms with E-state index in [0.717, 1.165) is 0 Å². The molecular formula is C26H35N3O4SSi. The summed E-state index contributed by atoms with van der Waals surface area (Å²) in [5, 5.41) is 6.29. The second kappa shape index (κ2) is 10.3. The van der Waals surface area contributed by atoms with Gasteiger partial charge in [-0.15, -0.1) is 11.8 Å². The van der Waals surface area contributed by atoms with Gasteiger partial charge < -0.3 is 18.6 Å². The van der Waals surface area contributed by atoms with Crippen molar-refractivity contribution < 1.29 is 18.6 Å². The number of benzene rings is 2. The second-order valence-corrected chi connectivity index (χ2v) is 15.8. The van der Waals surface area contributed by atoms with Crippen LogP contribution in [-0.4, -0.2) is 56.8 Å². The van der Waals surface area contributed by atoms with Crippen LogP contribution in [0.2, 0.25) is 5.04 Å². The first kappa shape index (κ1) is 26.2. The van der Waals surface area contributed by atoms with E-state index in [2.05, 4.69) is 79.3 Å². The molecule has 0 aliphatic carbocycles. The third-order valence-corrected chi connectivity index (χ3v) is 12.6. The molecule has 2 aromatic carbocycles. The number of rotatable bonds is 7. The number of thioether (sulfide) groups is 1. The summed E-state index contributed by atoms with van der Waals surface area (Å²) in [7, 11) is -2.74. The highest BCUT2D eigenvalue weighted by Crippen LogP contribution is 2.42. The van der Waals surface area contributed by atoms with Crippen molar-refractivity contribution >= 4 is 30.5 Å². The second-order valence-electron chi connectivity index (χ2n) is 10.5. The van der Waals surface area contributed by atoms with Crippen molar-refractivity contribution in [2.45, 2.75) is 75.2 Å². The molecule has 188 valence electrons. The van der Waals surface area contributed by atoms with Crippen molar-refractivity contribution in [3.8, 4) is 0 Å². The Labute approximate surface area is 213 Å². The van der Waals surface area contributed by atoms with Crippen molar-refractivity contribution in [1.82, 2.24) is 0 Å². The van der Waals surface area contributed by atoms with E-state index < -0.39 is 32.4 Å². The van der Waals surface area contributed by atoms with Crippen molar-refractivity contribution in [2.75, 3.05) is 12.9 Å². The first-order valence-electron chi connectivity index (χ1n) is 12.0. The molecule has 0 N–H and O–H groups in total. The lowest BCUT2D eigenvalue weighted by molar-refractivity contribution is -0.158. The fourth-order valence-electron chi connectivity index (χ4n) is 5.33. The maximum absolute atomic E-state index is 9.18. The molecule has 2 aliphatic rings. The van der Waals surface area contributed by atoms with Crippen LogP contribution in [0.1, 0.15) is 34.6 Å². The fraction of sp³-hybridized carbons (Fsp3) is 0.538. The minimum absolute atomic E-state index is 0.150. The van der Waals surface area contributed by atoms with E-state index in [-0.39, 0.29) is 16.6 Å². The Balaban J connectivity index is 1.73. The first-order valence-corrected chi connectivity index (χ1v) is 15.2. The summed E-state index contributed by atoms with van der Waals surface area (Å²) in [6, 6.07) is 20.6. The van der Waals surface area contributed by atoms with Crippen molar-refractivity contribution in [3.05, 3.63) is 71.1 Å². The molecule has 0 aromatic heterocycles. The van der Waals surface area contributed by atoms with Crippen LogP contribution < -0.4 is 10.4 Å². The Morgan fingerprint density at radius 1 is 1.00 bits per heavy atom. The van der Waals surface area contributed by atoms with Gasteiger partial charge in [0, 0.05) is 4.91 Å². The lowest BCUT2D eigenvalue weighted by Crippen LogP contribution is -2.68. The number of azide groups is 1. The predicted molar refractivity (Wildman–Crippen MR) is 143 cm³/mol. The zero-order valence-corrected chi connectivity index (χ0v) is 23.1. The highest BCUT2D eigenvalue weighted by molar-refractivity contribution is 7.99. The lowest BCUT2D eigenvalue weighted by atomic mass is 9.99. The van der Waals surface area contributed by atoms with Gasteiger partial charge in [-0.25, -0.2) is 0 Å². The van der Waals surface area contributed by atoms with Crippen LogP contribution >= 0.6 is 11.8 Å². The van der Waals surface area contributed by atoms with Crippen LogP contribution in [0, 0.1) is 0 Å². The third-order valence-electron chi connectivity index (χ3n) is 6.75. The molecule has 7 nitrogen and oxygen atoms in total. The molecule has 4 rings (SSSR count). The van der Waals surface area contributed by atoms with Crippen LogP contribution in [-0.2, 0) is 18.6 Å². The van der Waals surface area contributed by atoms with Gasteiger partial charge in [-0.2, -0.15) is 0 Å². The van der Waals surface area contributed by atoms with Crippen LogP contribution in [0.5, 0.6) is 0 Å². The number of fused-ring (bicyclic) bond motifs is 1. The summed E-state index contributed by atoms with van der Waals surface area (Å²) in [4.78, 5) is 3.06. The summed E-state index contributed by atoms with van der Waals surface area (Å²) >= 11 is 1.51. The molecule has 0 radical (unpaired) electrons. The van der Waals surface area contributed by atoms with E-state index in [1.807, 2.05) is 32.2 Å². The summed E-state index contributed by atoms with van der Waals surface area (Å²) in [6.07, 6.45) is 0.777. The van der Waals surface area contributed by atoms with E-state index in [1.54, 1.807) is 0 Å². The zero-order valence-electron chi connectivity index (χ0n) is 21.3. The number of ether oxygens (including phenoxy) is 3. The van der Waals surface area contributed by atoms with E-state index >= 15 is 0 Å². The standard InChI is InChI=1S/C26H35N3O4SSi/c1-25(2,3)35(18-13-9-7-10-14-18,19-15-11-8-12-16-19)30-17-20-22-23(33-26(4,5)32-22)21(28-29-27)24(31-20)34-6/h7-16,20-24H,17H2,1-6H3/t20?,21?,22-,23+,24-/m0/s1. The highest BCUT2D eigenvalue weighted by atomic mass is 32.2. The zero-order chi connectivity index (χ0) is 25.3. The largest absolute Gasteiger partial charge is 0.405 e. The Morgan fingerprint density at radius 3 is 2.03 bits per heavy atom. The SMILES string of the molecule is CS[C@@H]1OC(CO[Si](c2ccccc2)(c2ccccc2)C(C)(C)C)[C@@H]2OC(C)(C)O[C@@H]2C1N=[N+]=[N-]. The van der Waals surface area contributed by atoms with Crippen LogP contribution in [0.4, 0.5) is 0 Å². The highest BCUT2D eigenvalue weighted by Gasteiger charge is 2.56. The van der Waals surface area contributed by atoms with Gasteiger partial charge in [0.05, 0.1) is 6.61 Å². The predicted octanol–water partition coefficient (Wildman–Crippen LogP) is 4.85. The van der Waals surface area contributed by atoms with E-state index in [0.29, 0.717) is 6.61 Å². The van der Waals surface area contributed by atoms with Gasteiger partial charge in [0.15, 0.2) is 5.79 Å². The van der Waals surface area contributed by atoms with Crippen molar-refractivity contribution in [3.63, 3.8) is 0 Å². The molecule has 5 atom stereocenters. The van der Waals surface area contributed by atoms with E-state index in [4.69, 9.17) is 18.6 Å². The smallest absolute Gasteiger partial charge is 0.261 e. The van der Waals surface area contributed by atoms with Gasteiger partial charge in [-0.05, 0) is 41.0 Å². The minimum Gasteiger partial charge on any atom is -0.405 e. The number of hydrogen-bond donors (Lipinski definition) is 0. The summed E-state index contributed by atoms with van der Waals surface area (Å²) < 4.78 is 26.1. The monoisotopic (exact) mass is 513 g/mol. The number of hydrogen-bond acceptors (Lipinski definition) is 6. The van der Waals surface area contributed by atoms with Gasteiger partial charge >= 0.3 is 0 Å². The molecule has 0 spiro atoms. The van der Waals surface area contributed by atoms with Gasteiger partial charge in [0.25, 0.3) is 8.32 Å². The van der Waals surface area contributed by atoms with Crippen molar-refractivity contribution in [1.29, 1.82) is 0 Å². The molecule has 2 heterocycles. The van der Waals surface area contributed by atoms with E-state index in [1.165, 1.54) is 22.1 Å². The van der Waals surface area contributed by atoms with Gasteiger partial charge in [0.1, 0.15) is 29.8 Å². The lowest BCUT2D eigenvalue weighted by Gasteiger charge is -2.45. The Hall–Kier alpha value is -1.84. The van der Waals surface area contributed by atoms with Gasteiger partial charge in [-0.1, -0.05) is 86.5 Å². The van der Waals surface area contributed by atoms with Crippen LogP contribution in [0.3, 0.4) is 0 Å². The average Bonchev–Trinajstić information content (AvgIpc) is 3.16. The summed E-state index contributed by atoms with van der Waals surface area (Å²) in [6.45, 7) is 10.9. The molecule has 0 saturated carbocycles. The molecule has 9 heteroatoms. The quantitative estimate of drug-likeness (QED) is 0.229. The van der Waals surface area contributed by atoms with Gasteiger partial charge in [0.2, 0.25) is 0 Å².